The fraction of sp³-hybridized carbons (Fsp3) is 0.310. The van der Waals surface area contributed by atoms with Crippen LogP contribution < -0.4 is 24.3 Å². The van der Waals surface area contributed by atoms with Gasteiger partial charge in [-0.2, -0.15) is 0 Å². The molecule has 0 radical (unpaired) electrons. The zero-order valence-electron chi connectivity index (χ0n) is 21.8. The number of nitrogens with zero attached hydrogens (tertiary/aromatic N) is 3. The van der Waals surface area contributed by atoms with Gasteiger partial charge in [-0.1, -0.05) is 6.07 Å². The highest BCUT2D eigenvalue weighted by molar-refractivity contribution is 8.00. The van der Waals surface area contributed by atoms with Gasteiger partial charge in [-0.15, -0.1) is 11.8 Å². The van der Waals surface area contributed by atoms with Crippen LogP contribution in [0.15, 0.2) is 71.9 Å². The molecule has 0 unspecified atom stereocenters. The monoisotopic (exact) mass is 546 g/mol. The van der Waals surface area contributed by atoms with Gasteiger partial charge in [-0.05, 0) is 60.5 Å². The number of carbonyl (C=O) groups is 1. The van der Waals surface area contributed by atoms with E-state index in [0.29, 0.717) is 30.3 Å². The number of nitrogens with one attached hydrogen (secondary N) is 1. The summed E-state index contributed by atoms with van der Waals surface area (Å²) in [6.45, 7) is 1.89. The van der Waals surface area contributed by atoms with Crippen molar-refractivity contribution in [2.45, 2.75) is 35.7 Å². The van der Waals surface area contributed by atoms with Gasteiger partial charge < -0.3 is 28.7 Å². The zero-order chi connectivity index (χ0) is 26.8. The fourth-order valence-corrected chi connectivity index (χ4v) is 6.34. The van der Waals surface area contributed by atoms with Crippen LogP contribution in [0.5, 0.6) is 23.0 Å². The number of fused-ring (bicyclic) bond motifs is 2. The van der Waals surface area contributed by atoms with E-state index in [1.807, 2.05) is 59.3 Å². The van der Waals surface area contributed by atoms with E-state index in [1.165, 1.54) is 0 Å². The maximum absolute atomic E-state index is 13.5. The number of rotatable bonds is 9. The summed E-state index contributed by atoms with van der Waals surface area (Å²) in [4.78, 5) is 21.5. The predicted octanol–water partition coefficient (Wildman–Crippen LogP) is 4.13. The molecule has 2 aliphatic rings. The molecular weight excluding hydrogens is 516 g/mol. The number of ether oxygens (including phenoxy) is 4. The number of aromatic nitrogens is 2. The second kappa shape index (κ2) is 11.1. The van der Waals surface area contributed by atoms with E-state index in [0.717, 1.165) is 40.5 Å². The Hall–Kier alpha value is -3.89. The third-order valence-electron chi connectivity index (χ3n) is 6.99. The first-order valence-electron chi connectivity index (χ1n) is 12.8. The van der Waals surface area contributed by atoms with Crippen molar-refractivity contribution in [3.63, 3.8) is 0 Å². The summed E-state index contributed by atoms with van der Waals surface area (Å²) in [5.74, 6) is 2.75. The summed E-state index contributed by atoms with van der Waals surface area (Å²) in [5.41, 5.74) is 2.69. The van der Waals surface area contributed by atoms with Crippen molar-refractivity contribution in [1.29, 1.82) is 0 Å². The van der Waals surface area contributed by atoms with Crippen molar-refractivity contribution in [1.82, 2.24) is 19.6 Å². The van der Waals surface area contributed by atoms with Gasteiger partial charge in [0.05, 0.1) is 32.5 Å². The third-order valence-corrected chi connectivity index (χ3v) is 8.21. The SMILES string of the molecule is COc1ccc(S[C@@H]2C[C@@H](C(=O)NCc3cn4ccccc4n3)N(Cc3cc(OC)c4c(c3)OCO4)C2)cc1. The largest absolute Gasteiger partial charge is 0.497 e. The first kappa shape index (κ1) is 25.4. The summed E-state index contributed by atoms with van der Waals surface area (Å²) < 4.78 is 24.0. The number of amides is 1. The van der Waals surface area contributed by atoms with Crippen molar-refractivity contribution in [2.24, 2.45) is 0 Å². The molecule has 1 N–H and O–H groups in total. The molecule has 9 nitrogen and oxygen atoms in total. The van der Waals surface area contributed by atoms with Gasteiger partial charge in [-0.25, -0.2) is 4.98 Å². The molecule has 2 aromatic carbocycles. The molecule has 0 spiro atoms. The Bertz CT molecular complexity index is 1440. The van der Waals surface area contributed by atoms with Gasteiger partial charge in [0.1, 0.15) is 11.4 Å². The topological polar surface area (TPSA) is 86.6 Å². The van der Waals surface area contributed by atoms with E-state index in [-0.39, 0.29) is 24.0 Å². The van der Waals surface area contributed by atoms with Crippen LogP contribution in [0.1, 0.15) is 17.7 Å². The van der Waals surface area contributed by atoms with Gasteiger partial charge in [0.2, 0.25) is 18.4 Å². The Kier molecular flexibility index (Phi) is 7.21. The zero-order valence-corrected chi connectivity index (χ0v) is 22.6. The van der Waals surface area contributed by atoms with Crippen LogP contribution in [0.25, 0.3) is 5.65 Å². The number of thioether (sulfide) groups is 1. The summed E-state index contributed by atoms with van der Waals surface area (Å²) in [6, 6.07) is 17.6. The molecule has 1 fully saturated rings. The summed E-state index contributed by atoms with van der Waals surface area (Å²) in [5, 5.41) is 3.38. The van der Waals surface area contributed by atoms with Crippen LogP contribution in [0, 0.1) is 0 Å². The summed E-state index contributed by atoms with van der Waals surface area (Å²) >= 11 is 1.79. The molecule has 1 amide bonds. The molecule has 39 heavy (non-hydrogen) atoms. The Morgan fingerprint density at radius 2 is 2.00 bits per heavy atom. The molecule has 10 heteroatoms. The van der Waals surface area contributed by atoms with Crippen molar-refractivity contribution in [3.8, 4) is 23.0 Å². The minimum absolute atomic E-state index is 0.00223. The number of carbonyl (C=O) groups excluding carboxylic acids is 1. The van der Waals surface area contributed by atoms with E-state index in [9.17, 15) is 4.79 Å². The Balaban J connectivity index is 1.19. The van der Waals surface area contributed by atoms with Crippen LogP contribution in [-0.2, 0) is 17.9 Å². The van der Waals surface area contributed by atoms with E-state index in [4.69, 9.17) is 18.9 Å². The predicted molar refractivity (Wildman–Crippen MR) is 148 cm³/mol. The molecule has 1 saturated heterocycles. The molecule has 2 aliphatic heterocycles. The highest BCUT2D eigenvalue weighted by Crippen LogP contribution is 2.43. The Labute approximate surface area is 231 Å². The van der Waals surface area contributed by atoms with E-state index in [2.05, 4.69) is 27.3 Å². The van der Waals surface area contributed by atoms with Gasteiger partial charge in [-0.3, -0.25) is 9.69 Å². The quantitative estimate of drug-likeness (QED) is 0.336. The Morgan fingerprint density at radius 1 is 1.13 bits per heavy atom. The highest BCUT2D eigenvalue weighted by atomic mass is 32.2. The highest BCUT2D eigenvalue weighted by Gasteiger charge is 2.37. The normalized spacial score (nSPS) is 18.4. The number of hydrogen-bond acceptors (Lipinski definition) is 8. The number of pyridine rings is 1. The summed E-state index contributed by atoms with van der Waals surface area (Å²) in [7, 11) is 3.28. The number of likely N-dealkylation sites (tertiary alicyclic amines) is 1. The van der Waals surface area contributed by atoms with Crippen molar-refractivity contribution >= 4 is 23.3 Å². The number of hydrogen-bond donors (Lipinski definition) is 1. The van der Waals surface area contributed by atoms with Crippen LogP contribution in [0.3, 0.4) is 0 Å². The fourth-order valence-electron chi connectivity index (χ4n) is 5.12. The summed E-state index contributed by atoms with van der Waals surface area (Å²) in [6.07, 6.45) is 4.63. The molecule has 2 aromatic heterocycles. The molecule has 6 rings (SSSR count). The molecule has 0 aliphatic carbocycles. The average Bonchev–Trinajstić information content (AvgIpc) is 3.70. The molecule has 4 heterocycles. The van der Waals surface area contributed by atoms with Crippen LogP contribution in [-0.4, -0.2) is 59.0 Å². The van der Waals surface area contributed by atoms with Crippen molar-refractivity contribution < 1.29 is 23.7 Å². The first-order valence-corrected chi connectivity index (χ1v) is 13.7. The lowest BCUT2D eigenvalue weighted by molar-refractivity contribution is -0.125. The average molecular weight is 547 g/mol. The van der Waals surface area contributed by atoms with Crippen LogP contribution >= 0.6 is 11.8 Å². The van der Waals surface area contributed by atoms with Gasteiger partial charge in [0.25, 0.3) is 0 Å². The molecule has 202 valence electrons. The lowest BCUT2D eigenvalue weighted by Gasteiger charge is -2.24. The van der Waals surface area contributed by atoms with Crippen molar-refractivity contribution in [3.05, 3.63) is 78.2 Å². The lowest BCUT2D eigenvalue weighted by Crippen LogP contribution is -2.42. The number of methoxy groups -OCH3 is 2. The number of benzene rings is 2. The lowest BCUT2D eigenvalue weighted by atomic mass is 10.1. The first-order chi connectivity index (χ1) is 19.1. The van der Waals surface area contributed by atoms with Gasteiger partial charge in [0, 0.05) is 35.6 Å². The molecule has 0 bridgehead atoms. The standard InChI is InChI=1S/C29H30N4O5S/c1-35-21-6-8-22(9-7-21)39-23-13-24(29(34)30-14-20-16-32-10-4-3-5-27(32)31-20)33(17-23)15-19-11-25(36-2)28-26(12-19)37-18-38-28/h3-12,16,23-24H,13-15,17-18H2,1-2H3,(H,30,34)/t23-,24+/m1/s1. The van der Waals surface area contributed by atoms with Crippen LogP contribution in [0.2, 0.25) is 0 Å². The minimum atomic E-state index is -0.283. The molecular formula is C29H30N4O5S. The minimum Gasteiger partial charge on any atom is -0.497 e. The second-order valence-electron chi connectivity index (χ2n) is 9.54. The number of imidazole rings is 1. The maximum atomic E-state index is 13.5. The van der Waals surface area contributed by atoms with Gasteiger partial charge in [0.15, 0.2) is 11.5 Å². The van der Waals surface area contributed by atoms with E-state index in [1.54, 1.807) is 26.0 Å². The van der Waals surface area contributed by atoms with Crippen LogP contribution in [0.4, 0.5) is 0 Å². The third kappa shape index (κ3) is 5.48. The molecule has 0 saturated carbocycles. The second-order valence-corrected chi connectivity index (χ2v) is 10.9. The van der Waals surface area contributed by atoms with E-state index >= 15 is 0 Å². The molecule has 2 atom stereocenters. The van der Waals surface area contributed by atoms with Crippen molar-refractivity contribution in [2.75, 3.05) is 27.6 Å². The maximum Gasteiger partial charge on any atom is 0.237 e. The Morgan fingerprint density at radius 3 is 2.79 bits per heavy atom. The smallest absolute Gasteiger partial charge is 0.237 e. The van der Waals surface area contributed by atoms with Gasteiger partial charge >= 0.3 is 0 Å². The molecule has 4 aromatic rings. The van der Waals surface area contributed by atoms with E-state index < -0.39 is 0 Å².